The first-order chi connectivity index (χ1) is 14.2. The highest BCUT2D eigenvalue weighted by Crippen LogP contribution is 2.43. The van der Waals surface area contributed by atoms with Crippen molar-refractivity contribution in [1.29, 1.82) is 0 Å². The van der Waals surface area contributed by atoms with Crippen molar-refractivity contribution in [3.63, 3.8) is 0 Å². The molecule has 3 aromatic heterocycles. The van der Waals surface area contributed by atoms with E-state index in [4.69, 9.17) is 21.2 Å². The van der Waals surface area contributed by atoms with Gasteiger partial charge in [-0.05, 0) is 38.4 Å². The summed E-state index contributed by atoms with van der Waals surface area (Å²) in [5.74, 6) is 4.69. The van der Waals surface area contributed by atoms with Crippen molar-refractivity contribution in [2.75, 3.05) is 26.0 Å². The Morgan fingerprint density at radius 1 is 1.38 bits per heavy atom. The maximum atomic E-state index is 5.70. The highest BCUT2D eigenvalue weighted by Gasteiger charge is 2.29. The minimum absolute atomic E-state index is 0.237. The molecule has 7 nitrogen and oxygen atoms in total. The number of terminal acetylenes is 1. The molecule has 0 saturated heterocycles. The Balaban J connectivity index is 1.76. The molecule has 0 bridgehead atoms. The molecule has 0 amide bonds. The number of likely N-dealkylation sites (N-methyl/N-ethyl adjacent to an activating group) is 1. The fourth-order valence-corrected chi connectivity index (χ4v) is 3.45. The van der Waals surface area contributed by atoms with Gasteiger partial charge < -0.3 is 15.4 Å². The molecule has 1 aliphatic carbocycles. The summed E-state index contributed by atoms with van der Waals surface area (Å²) in [7, 11) is 3.61. The van der Waals surface area contributed by atoms with Gasteiger partial charge in [-0.15, -0.1) is 6.42 Å². The van der Waals surface area contributed by atoms with E-state index in [-0.39, 0.29) is 6.04 Å². The Bertz CT molecular complexity index is 1060. The number of fused-ring (bicyclic) bond motifs is 1. The Kier molecular flexibility index (Phi) is 5.36. The van der Waals surface area contributed by atoms with E-state index in [9.17, 15) is 0 Å². The van der Waals surface area contributed by atoms with Crippen LogP contribution in [0.2, 0.25) is 0 Å². The van der Waals surface area contributed by atoms with Gasteiger partial charge in [-0.2, -0.15) is 5.10 Å². The number of hydrogen-bond acceptors (Lipinski definition) is 6. The molecule has 1 fully saturated rings. The van der Waals surface area contributed by atoms with Gasteiger partial charge in [0.15, 0.2) is 5.65 Å². The monoisotopic (exact) mass is 390 g/mol. The number of ether oxygens (including phenoxy) is 1. The molecule has 0 aromatic carbocycles. The minimum atomic E-state index is 0.237. The van der Waals surface area contributed by atoms with Crippen molar-refractivity contribution in [2.45, 2.75) is 38.1 Å². The first-order valence-corrected chi connectivity index (χ1v) is 10.00. The van der Waals surface area contributed by atoms with E-state index in [1.165, 1.54) is 0 Å². The number of imidazole rings is 1. The van der Waals surface area contributed by atoms with Crippen molar-refractivity contribution < 1.29 is 4.74 Å². The average molecular weight is 390 g/mol. The molecule has 150 valence electrons. The van der Waals surface area contributed by atoms with Crippen molar-refractivity contribution >= 4 is 11.5 Å². The fourth-order valence-electron chi connectivity index (χ4n) is 3.45. The lowest BCUT2D eigenvalue weighted by Gasteiger charge is -2.18. The number of aromatic nitrogens is 4. The third-order valence-electron chi connectivity index (χ3n) is 5.27. The second kappa shape index (κ2) is 8.10. The van der Waals surface area contributed by atoms with E-state index >= 15 is 0 Å². The van der Waals surface area contributed by atoms with Crippen LogP contribution in [0.5, 0.6) is 5.75 Å². The molecule has 4 rings (SSSR count). The highest BCUT2D eigenvalue weighted by atomic mass is 16.5. The number of pyridine rings is 1. The summed E-state index contributed by atoms with van der Waals surface area (Å²) < 4.78 is 7.38. The first kappa shape index (κ1) is 19.2. The number of nitrogens with zero attached hydrogens (tertiary/aromatic N) is 4. The topological polar surface area (TPSA) is 76.4 Å². The SMILES string of the molecule is C#Cc1ccc(-c2cnc3cc(OC)c(C4CC4)nn23)nc1NC(CC)CNC. The Morgan fingerprint density at radius 3 is 2.86 bits per heavy atom. The third kappa shape index (κ3) is 3.76. The second-order valence-electron chi connectivity index (χ2n) is 7.33. The summed E-state index contributed by atoms with van der Waals surface area (Å²) in [5.41, 5.74) is 4.07. The summed E-state index contributed by atoms with van der Waals surface area (Å²) in [4.78, 5) is 9.34. The normalized spacial score (nSPS) is 14.6. The lowest BCUT2D eigenvalue weighted by Crippen LogP contribution is -2.31. The van der Waals surface area contributed by atoms with E-state index in [2.05, 4.69) is 28.5 Å². The molecule has 3 heterocycles. The van der Waals surface area contributed by atoms with Crippen molar-refractivity contribution in [1.82, 2.24) is 24.9 Å². The summed E-state index contributed by atoms with van der Waals surface area (Å²) in [6, 6.07) is 6.02. The zero-order chi connectivity index (χ0) is 20.4. The number of rotatable bonds is 8. The van der Waals surface area contributed by atoms with Gasteiger partial charge in [-0.3, -0.25) is 0 Å². The van der Waals surface area contributed by atoms with Crippen molar-refractivity contribution in [3.8, 4) is 29.5 Å². The molecule has 0 aliphatic heterocycles. The van der Waals surface area contributed by atoms with Crippen molar-refractivity contribution in [2.24, 2.45) is 0 Å². The highest BCUT2D eigenvalue weighted by molar-refractivity contribution is 5.65. The predicted molar refractivity (Wildman–Crippen MR) is 114 cm³/mol. The molecule has 7 heteroatoms. The van der Waals surface area contributed by atoms with Crippen LogP contribution in [0.4, 0.5) is 5.82 Å². The van der Waals surface area contributed by atoms with Crippen LogP contribution in [-0.4, -0.2) is 46.3 Å². The zero-order valence-electron chi connectivity index (χ0n) is 17.1. The van der Waals surface area contributed by atoms with Gasteiger partial charge in [0.2, 0.25) is 0 Å². The summed E-state index contributed by atoms with van der Waals surface area (Å²) in [6.45, 7) is 2.96. The smallest absolute Gasteiger partial charge is 0.157 e. The molecule has 0 spiro atoms. The molecule has 1 saturated carbocycles. The Hall–Kier alpha value is -3.11. The van der Waals surface area contributed by atoms with E-state index in [1.54, 1.807) is 13.3 Å². The second-order valence-corrected chi connectivity index (χ2v) is 7.33. The summed E-state index contributed by atoms with van der Waals surface area (Å²) >= 11 is 0. The zero-order valence-corrected chi connectivity index (χ0v) is 17.1. The van der Waals surface area contributed by atoms with Crippen LogP contribution in [-0.2, 0) is 0 Å². The van der Waals surface area contributed by atoms with Gasteiger partial charge in [-0.1, -0.05) is 12.8 Å². The van der Waals surface area contributed by atoms with Crippen LogP contribution >= 0.6 is 0 Å². The van der Waals surface area contributed by atoms with E-state index < -0.39 is 0 Å². The summed E-state index contributed by atoms with van der Waals surface area (Å²) in [6.07, 6.45) is 10.7. The molecule has 0 radical (unpaired) electrons. The van der Waals surface area contributed by atoms with Gasteiger partial charge >= 0.3 is 0 Å². The van der Waals surface area contributed by atoms with Crippen molar-refractivity contribution in [3.05, 3.63) is 35.7 Å². The standard InChI is InChI=1S/C22H26N6O/c1-5-14-9-10-17(26-22(14)25-16(6-2)12-23-3)18-13-24-20-11-19(29-4)21(15-7-8-15)27-28(18)20/h1,9-11,13,15-16,23H,6-8,12H2,2-4H3,(H,25,26). The number of hydrogen-bond donors (Lipinski definition) is 2. The van der Waals surface area contributed by atoms with Crippen LogP contribution in [0.25, 0.3) is 17.0 Å². The van der Waals surface area contributed by atoms with Crippen LogP contribution in [0.15, 0.2) is 24.4 Å². The number of nitrogens with one attached hydrogen (secondary N) is 2. The summed E-state index contributed by atoms with van der Waals surface area (Å²) in [5, 5.41) is 11.5. The lowest BCUT2D eigenvalue weighted by atomic mass is 10.1. The lowest BCUT2D eigenvalue weighted by molar-refractivity contribution is 0.405. The molecule has 29 heavy (non-hydrogen) atoms. The minimum Gasteiger partial charge on any atom is -0.495 e. The molecule has 2 N–H and O–H groups in total. The van der Waals surface area contributed by atoms with Gasteiger partial charge in [0.1, 0.15) is 23.0 Å². The Morgan fingerprint density at radius 2 is 2.21 bits per heavy atom. The van der Waals surface area contributed by atoms with Crippen LogP contribution < -0.4 is 15.4 Å². The van der Waals surface area contributed by atoms with Gasteiger partial charge in [0, 0.05) is 24.6 Å². The maximum Gasteiger partial charge on any atom is 0.157 e. The van der Waals surface area contributed by atoms with Gasteiger partial charge in [0.05, 0.1) is 24.6 Å². The van der Waals surface area contributed by atoms with E-state index in [0.717, 1.165) is 59.8 Å². The van der Waals surface area contributed by atoms with Gasteiger partial charge in [-0.25, -0.2) is 14.5 Å². The van der Waals surface area contributed by atoms with E-state index in [1.807, 2.05) is 29.8 Å². The average Bonchev–Trinajstić information content (AvgIpc) is 3.51. The molecular weight excluding hydrogens is 364 g/mol. The third-order valence-corrected chi connectivity index (χ3v) is 5.27. The molecule has 3 aromatic rings. The largest absolute Gasteiger partial charge is 0.495 e. The molecule has 1 atom stereocenters. The maximum absolute atomic E-state index is 5.70. The van der Waals surface area contributed by atoms with Crippen LogP contribution in [0.3, 0.4) is 0 Å². The predicted octanol–water partition coefficient (Wildman–Crippen LogP) is 3.07. The number of anilines is 1. The van der Waals surface area contributed by atoms with Crippen LogP contribution in [0, 0.1) is 12.3 Å². The quantitative estimate of drug-likeness (QED) is 0.576. The van der Waals surface area contributed by atoms with E-state index in [0.29, 0.717) is 11.7 Å². The number of methoxy groups -OCH3 is 1. The van der Waals surface area contributed by atoms with Gasteiger partial charge in [0.25, 0.3) is 0 Å². The first-order valence-electron chi connectivity index (χ1n) is 10.00. The fraction of sp³-hybridized carbons (Fsp3) is 0.409. The molecular formula is C22H26N6O. The molecule has 1 unspecified atom stereocenters. The van der Waals surface area contributed by atoms with Crippen LogP contribution in [0.1, 0.15) is 43.4 Å². The Labute approximate surface area is 170 Å². The molecule has 1 aliphatic rings.